The summed E-state index contributed by atoms with van der Waals surface area (Å²) in [6.07, 6.45) is 7.75. The van der Waals surface area contributed by atoms with Gasteiger partial charge in [-0.05, 0) is 109 Å². The summed E-state index contributed by atoms with van der Waals surface area (Å²) in [6.45, 7) is 24.5. The molecule has 0 saturated heterocycles. The molecule has 0 N–H and O–H groups in total. The molecule has 0 radical (unpaired) electrons. The van der Waals surface area contributed by atoms with Gasteiger partial charge in [0.05, 0.1) is 5.70 Å². The Morgan fingerprint density at radius 1 is 0.557 bits per heavy atom. The number of nitrogens with zero attached hydrogens (tertiary/aromatic N) is 1. The Bertz CT molecular complexity index is 2970. The summed E-state index contributed by atoms with van der Waals surface area (Å²) in [7, 11) is 0. The van der Waals surface area contributed by atoms with Gasteiger partial charge in [0.15, 0.2) is 0 Å². The molecule has 7 aromatic rings. The third kappa shape index (κ3) is 6.77. The average Bonchev–Trinajstić information content (AvgIpc) is 3.66. The van der Waals surface area contributed by atoms with E-state index in [-0.39, 0.29) is 16.2 Å². The van der Waals surface area contributed by atoms with Crippen molar-refractivity contribution in [1.29, 1.82) is 0 Å². The minimum atomic E-state index is -0.165. The predicted molar refractivity (Wildman–Crippen MR) is 263 cm³/mol. The van der Waals surface area contributed by atoms with Crippen molar-refractivity contribution < 1.29 is 0 Å². The van der Waals surface area contributed by atoms with Gasteiger partial charge in [0, 0.05) is 27.5 Å². The molecular formula is C60H55N. The highest BCUT2D eigenvalue weighted by atomic mass is 14.8. The molecule has 0 amide bonds. The highest BCUT2D eigenvalue weighted by molar-refractivity contribution is 6.15. The van der Waals surface area contributed by atoms with Gasteiger partial charge in [0.25, 0.3) is 0 Å². The lowest BCUT2D eigenvalue weighted by Crippen LogP contribution is -2.24. The maximum atomic E-state index is 5.17. The van der Waals surface area contributed by atoms with E-state index in [9.17, 15) is 0 Å². The number of benzene rings is 7. The van der Waals surface area contributed by atoms with Crippen molar-refractivity contribution in [2.45, 2.75) is 71.1 Å². The van der Waals surface area contributed by atoms with Crippen molar-refractivity contribution in [3.8, 4) is 33.4 Å². The van der Waals surface area contributed by atoms with Gasteiger partial charge in [-0.3, -0.25) is 4.99 Å². The van der Waals surface area contributed by atoms with Crippen LogP contribution in [0.5, 0.6) is 0 Å². The van der Waals surface area contributed by atoms with Crippen molar-refractivity contribution in [2.24, 2.45) is 4.99 Å². The summed E-state index contributed by atoms with van der Waals surface area (Å²) in [6, 6.07) is 54.7. The van der Waals surface area contributed by atoms with Crippen LogP contribution >= 0.6 is 0 Å². The molecule has 1 heteroatoms. The standard InChI is InChI=1S/C45H41N.C15H14/c1-28(30-23-25-45(7,26-24-30)31-15-9-8-10-16-31)46-29(2)37-27-39-40(34-19-12-11-17-32(34)37)36-22-21-35-33-18-13-14-20-38(33)43(3,4)41(35)42(36)44(39,5)6;1-12(2)13-8-10-15(11-9-13)14-6-4-3-5-7-14/h8-25,27H,1,26H2,2-7H3;3-11H,1H2,2H3. The molecule has 0 fully saturated rings. The van der Waals surface area contributed by atoms with Crippen LogP contribution in [0.2, 0.25) is 0 Å². The van der Waals surface area contributed by atoms with Crippen LogP contribution in [0.1, 0.15) is 93.8 Å². The van der Waals surface area contributed by atoms with Gasteiger partial charge in [-0.25, -0.2) is 0 Å². The molecule has 0 spiro atoms. The molecule has 0 bridgehead atoms. The van der Waals surface area contributed by atoms with Crippen molar-refractivity contribution in [3.63, 3.8) is 0 Å². The van der Waals surface area contributed by atoms with Crippen LogP contribution in [0.4, 0.5) is 0 Å². The minimum Gasteiger partial charge on any atom is -0.253 e. The van der Waals surface area contributed by atoms with Crippen molar-refractivity contribution >= 4 is 22.1 Å². The molecule has 0 aliphatic heterocycles. The van der Waals surface area contributed by atoms with Crippen LogP contribution in [0, 0.1) is 0 Å². The van der Waals surface area contributed by atoms with Crippen LogP contribution in [0.15, 0.2) is 199 Å². The van der Waals surface area contributed by atoms with Crippen LogP contribution in [-0.4, -0.2) is 5.71 Å². The highest BCUT2D eigenvalue weighted by Gasteiger charge is 2.46. The Morgan fingerprint density at radius 3 is 1.80 bits per heavy atom. The first kappa shape index (κ1) is 39.9. The predicted octanol–water partition coefficient (Wildman–Crippen LogP) is 16.0. The fourth-order valence-corrected chi connectivity index (χ4v) is 10.2. The summed E-state index contributed by atoms with van der Waals surface area (Å²) in [5, 5.41) is 2.54. The van der Waals surface area contributed by atoms with E-state index in [4.69, 9.17) is 4.99 Å². The third-order valence-corrected chi connectivity index (χ3v) is 13.7. The normalized spacial score (nSPS) is 17.6. The molecule has 7 aromatic carbocycles. The van der Waals surface area contributed by atoms with Crippen molar-refractivity contribution in [3.05, 3.63) is 233 Å². The van der Waals surface area contributed by atoms with E-state index in [1.54, 1.807) is 0 Å². The summed E-state index contributed by atoms with van der Waals surface area (Å²) in [4.78, 5) is 5.17. The van der Waals surface area contributed by atoms with E-state index in [1.165, 1.54) is 83.1 Å². The van der Waals surface area contributed by atoms with Gasteiger partial charge < -0.3 is 0 Å². The average molecular weight is 790 g/mol. The summed E-state index contributed by atoms with van der Waals surface area (Å²) in [5.74, 6) is 0. The van der Waals surface area contributed by atoms with Gasteiger partial charge in [-0.1, -0.05) is 217 Å². The van der Waals surface area contributed by atoms with Crippen LogP contribution < -0.4 is 0 Å². The first-order chi connectivity index (χ1) is 29.3. The molecule has 300 valence electrons. The van der Waals surface area contributed by atoms with Gasteiger partial charge in [0.1, 0.15) is 0 Å². The van der Waals surface area contributed by atoms with E-state index in [0.717, 1.165) is 29.0 Å². The lowest BCUT2D eigenvalue weighted by Gasteiger charge is -2.31. The number of hydrogen-bond donors (Lipinski definition) is 0. The second-order valence-electron chi connectivity index (χ2n) is 18.4. The maximum Gasteiger partial charge on any atom is 0.0630 e. The number of rotatable bonds is 6. The quantitative estimate of drug-likeness (QED) is 0.149. The Balaban J connectivity index is 0.000000268. The fraction of sp³-hybridized carbons (Fsp3) is 0.183. The Hall–Kier alpha value is -6.57. The second-order valence-corrected chi connectivity index (χ2v) is 18.4. The molecule has 1 nitrogen and oxygen atoms in total. The molecule has 3 aliphatic carbocycles. The molecule has 0 aromatic heterocycles. The Morgan fingerprint density at radius 2 is 1.13 bits per heavy atom. The molecule has 61 heavy (non-hydrogen) atoms. The molecule has 0 heterocycles. The van der Waals surface area contributed by atoms with Gasteiger partial charge in [-0.2, -0.15) is 0 Å². The molecule has 1 atom stereocenters. The summed E-state index contributed by atoms with van der Waals surface area (Å²) >= 11 is 0. The fourth-order valence-electron chi connectivity index (χ4n) is 10.2. The number of aliphatic imine (C=N–C) groups is 1. The van der Waals surface area contributed by atoms with E-state index in [1.807, 2.05) is 13.0 Å². The Labute approximate surface area is 363 Å². The SMILES string of the molecule is C=C(C)c1ccc(-c2ccccc2)cc1.C=C(N=C(C)c1cc2c(c3ccccc13)-c1ccc3c(c1C2(C)C)C(C)(C)c1ccccc1-3)C1=CCC(C)(c2ccccc2)C=C1. The lowest BCUT2D eigenvalue weighted by molar-refractivity contribution is 0.597. The second kappa shape index (κ2) is 15.2. The number of hydrogen-bond acceptors (Lipinski definition) is 1. The van der Waals surface area contributed by atoms with Crippen LogP contribution in [0.25, 0.3) is 49.7 Å². The zero-order valence-corrected chi connectivity index (χ0v) is 36.7. The first-order valence-corrected chi connectivity index (χ1v) is 21.7. The zero-order valence-electron chi connectivity index (χ0n) is 36.7. The van der Waals surface area contributed by atoms with E-state index in [2.05, 4.69) is 219 Å². The maximum absolute atomic E-state index is 5.17. The molecule has 10 rings (SSSR count). The molecule has 0 saturated carbocycles. The highest BCUT2D eigenvalue weighted by Crippen LogP contribution is 2.60. The van der Waals surface area contributed by atoms with Gasteiger partial charge in [-0.15, -0.1) is 0 Å². The lowest BCUT2D eigenvalue weighted by atomic mass is 9.72. The van der Waals surface area contributed by atoms with Crippen molar-refractivity contribution in [1.82, 2.24) is 0 Å². The van der Waals surface area contributed by atoms with E-state index in [0.29, 0.717) is 0 Å². The van der Waals surface area contributed by atoms with E-state index < -0.39 is 0 Å². The number of fused-ring (bicyclic) bond motifs is 9. The zero-order chi connectivity index (χ0) is 42.7. The van der Waals surface area contributed by atoms with Crippen LogP contribution in [-0.2, 0) is 16.2 Å². The molecular weight excluding hydrogens is 735 g/mol. The molecule has 3 aliphatic rings. The summed E-state index contributed by atoms with van der Waals surface area (Å²) < 4.78 is 0. The first-order valence-electron chi connectivity index (χ1n) is 21.7. The third-order valence-electron chi connectivity index (χ3n) is 13.7. The topological polar surface area (TPSA) is 12.4 Å². The van der Waals surface area contributed by atoms with Crippen molar-refractivity contribution in [2.75, 3.05) is 0 Å². The van der Waals surface area contributed by atoms with Gasteiger partial charge >= 0.3 is 0 Å². The van der Waals surface area contributed by atoms with Gasteiger partial charge in [0.2, 0.25) is 0 Å². The summed E-state index contributed by atoms with van der Waals surface area (Å²) in [5.41, 5.74) is 21.3. The molecule has 1 unspecified atom stereocenters. The monoisotopic (exact) mass is 789 g/mol. The van der Waals surface area contributed by atoms with Crippen LogP contribution in [0.3, 0.4) is 0 Å². The smallest absolute Gasteiger partial charge is 0.0630 e. The number of allylic oxidation sites excluding steroid dienone is 4. The largest absolute Gasteiger partial charge is 0.253 e. The minimum absolute atomic E-state index is 0.0172. The Kier molecular flexibility index (Phi) is 9.91. The van der Waals surface area contributed by atoms with E-state index >= 15 is 0 Å².